The van der Waals surface area contributed by atoms with Gasteiger partial charge in [0.2, 0.25) is 17.7 Å². The van der Waals surface area contributed by atoms with E-state index in [0.29, 0.717) is 13.1 Å². The average Bonchev–Trinajstić information content (AvgIpc) is 3.23. The summed E-state index contributed by atoms with van der Waals surface area (Å²) in [6.07, 6.45) is -4.04. The Morgan fingerprint density at radius 2 is 1.68 bits per heavy atom. The second-order valence-corrected chi connectivity index (χ2v) is 8.97. The fraction of sp³-hybridized carbons (Fsp3) is 0.762. The van der Waals surface area contributed by atoms with Gasteiger partial charge in [0.25, 0.3) is 5.90 Å². The number of methoxy groups -OCH3 is 1. The van der Waals surface area contributed by atoms with E-state index in [2.05, 4.69) is 15.0 Å². The van der Waals surface area contributed by atoms with Gasteiger partial charge in [-0.3, -0.25) is 19.2 Å². The molecule has 0 aromatic rings. The largest absolute Gasteiger partial charge is 0.481 e. The minimum Gasteiger partial charge on any atom is -0.481 e. The van der Waals surface area contributed by atoms with Gasteiger partial charge in [-0.2, -0.15) is 13.2 Å². The molecule has 3 amide bonds. The van der Waals surface area contributed by atoms with E-state index < -0.39 is 65.7 Å². The summed E-state index contributed by atoms with van der Waals surface area (Å²) in [5, 5.41) is 11.6. The fourth-order valence-electron chi connectivity index (χ4n) is 3.80. The molecule has 0 bridgehead atoms. The Hall–Kier alpha value is -2.86. The van der Waals surface area contributed by atoms with Gasteiger partial charge in [0, 0.05) is 20.1 Å². The van der Waals surface area contributed by atoms with Gasteiger partial charge >= 0.3 is 12.1 Å². The molecule has 2 atom stereocenters. The summed E-state index contributed by atoms with van der Waals surface area (Å²) in [7, 11) is 2.01. The number of likely N-dealkylation sites (N-methyl/N-ethyl adjacent to an activating group) is 1. The molecule has 194 valence electrons. The summed E-state index contributed by atoms with van der Waals surface area (Å²) in [6, 6.07) is -2.55. The number of nitrogens with one attached hydrogen (secondary N) is 1. The third-order valence-corrected chi connectivity index (χ3v) is 5.39. The van der Waals surface area contributed by atoms with E-state index in [9.17, 15) is 37.5 Å². The van der Waals surface area contributed by atoms with E-state index in [1.165, 1.54) is 11.9 Å². The third-order valence-electron chi connectivity index (χ3n) is 5.39. The van der Waals surface area contributed by atoms with Crippen LogP contribution < -0.4 is 5.32 Å². The number of aliphatic imine (C=N–C) groups is 1. The molecule has 0 spiro atoms. The van der Waals surface area contributed by atoms with Crippen LogP contribution in [0, 0.1) is 5.92 Å². The van der Waals surface area contributed by atoms with Crippen LogP contribution in [-0.4, -0.2) is 95.5 Å². The van der Waals surface area contributed by atoms with Gasteiger partial charge in [-0.1, -0.05) is 13.8 Å². The minimum absolute atomic E-state index is 0.448. The zero-order chi connectivity index (χ0) is 26.4. The molecule has 0 saturated carbocycles. The van der Waals surface area contributed by atoms with Crippen molar-refractivity contribution in [1.29, 1.82) is 0 Å². The molecule has 2 N–H and O–H groups in total. The monoisotopic (exact) mass is 494 g/mol. The highest BCUT2D eigenvalue weighted by molar-refractivity contribution is 5.96. The number of amides is 3. The highest BCUT2D eigenvalue weighted by Gasteiger charge is 2.44. The standard InChI is InChI=1S/C21H33F3N4O6/c1-12(2)15(27(5)19(33)20(3,4)26-18(34-6)21(22,23)24)16(31)25-13(11-14(29)30)17(32)28-9-7-8-10-28/h12-13,15H,7-11H2,1-6H3,(H,25,31)(H,29,30)/t13-,15-/m0/s1. The highest BCUT2D eigenvalue weighted by Crippen LogP contribution is 2.24. The smallest absolute Gasteiger partial charge is 0.468 e. The molecule has 0 aromatic carbocycles. The zero-order valence-corrected chi connectivity index (χ0v) is 20.2. The van der Waals surface area contributed by atoms with E-state index in [1.54, 1.807) is 13.8 Å². The Labute approximate surface area is 196 Å². The van der Waals surface area contributed by atoms with Crippen LogP contribution in [0.4, 0.5) is 13.2 Å². The Kier molecular flexibility index (Phi) is 9.88. The van der Waals surface area contributed by atoms with Crippen molar-refractivity contribution in [3.05, 3.63) is 0 Å². The van der Waals surface area contributed by atoms with Crippen molar-refractivity contribution in [1.82, 2.24) is 15.1 Å². The normalized spacial score (nSPS) is 16.8. The molecule has 1 heterocycles. The first-order valence-electron chi connectivity index (χ1n) is 10.8. The summed E-state index contributed by atoms with van der Waals surface area (Å²) in [5.74, 6) is -5.65. The van der Waals surface area contributed by atoms with Crippen LogP contribution in [0.3, 0.4) is 0 Å². The number of carboxylic acids is 1. The number of carbonyl (C=O) groups excluding carboxylic acids is 3. The molecule has 0 radical (unpaired) electrons. The molecule has 0 unspecified atom stereocenters. The zero-order valence-electron chi connectivity index (χ0n) is 20.2. The van der Waals surface area contributed by atoms with Crippen molar-refractivity contribution < 1.29 is 42.2 Å². The number of hydrogen-bond donors (Lipinski definition) is 2. The first kappa shape index (κ1) is 29.2. The fourth-order valence-corrected chi connectivity index (χ4v) is 3.80. The first-order chi connectivity index (χ1) is 15.5. The van der Waals surface area contributed by atoms with Crippen molar-refractivity contribution in [3.63, 3.8) is 0 Å². The van der Waals surface area contributed by atoms with Gasteiger partial charge in [0.15, 0.2) is 0 Å². The second kappa shape index (κ2) is 11.5. The number of aliphatic carboxylic acids is 1. The van der Waals surface area contributed by atoms with E-state index in [4.69, 9.17) is 0 Å². The Morgan fingerprint density at radius 1 is 1.15 bits per heavy atom. The van der Waals surface area contributed by atoms with Crippen molar-refractivity contribution in [3.8, 4) is 0 Å². The van der Waals surface area contributed by atoms with Gasteiger partial charge in [-0.05, 0) is 32.6 Å². The van der Waals surface area contributed by atoms with Crippen molar-refractivity contribution in [2.75, 3.05) is 27.2 Å². The number of halogens is 3. The lowest BCUT2D eigenvalue weighted by atomic mass is 9.97. The number of carboxylic acid groups (broad SMARTS) is 1. The maximum atomic E-state index is 13.1. The molecule has 0 aromatic heterocycles. The number of hydrogen-bond acceptors (Lipinski definition) is 6. The van der Waals surface area contributed by atoms with Crippen LogP contribution in [0.15, 0.2) is 4.99 Å². The first-order valence-corrected chi connectivity index (χ1v) is 10.8. The van der Waals surface area contributed by atoms with Crippen LogP contribution in [0.2, 0.25) is 0 Å². The number of nitrogens with zero attached hydrogens (tertiary/aromatic N) is 3. The molecule has 1 rings (SSSR count). The molecule has 1 fully saturated rings. The van der Waals surface area contributed by atoms with Crippen LogP contribution >= 0.6 is 0 Å². The number of carbonyl (C=O) groups is 4. The average molecular weight is 495 g/mol. The Balaban J connectivity index is 3.17. The maximum absolute atomic E-state index is 13.1. The summed E-state index contributed by atoms with van der Waals surface area (Å²) in [5.41, 5.74) is -1.94. The molecular weight excluding hydrogens is 461 g/mol. The van der Waals surface area contributed by atoms with Gasteiger partial charge in [0.1, 0.15) is 17.6 Å². The summed E-state index contributed by atoms with van der Waals surface area (Å²) < 4.78 is 43.4. The third kappa shape index (κ3) is 7.59. The van der Waals surface area contributed by atoms with E-state index >= 15 is 0 Å². The lowest BCUT2D eigenvalue weighted by Crippen LogP contribution is -2.58. The highest BCUT2D eigenvalue weighted by atomic mass is 19.4. The number of alkyl halides is 3. The molecule has 13 heteroatoms. The lowest BCUT2D eigenvalue weighted by molar-refractivity contribution is -0.147. The summed E-state index contributed by atoms with van der Waals surface area (Å²) >= 11 is 0. The van der Waals surface area contributed by atoms with Crippen molar-refractivity contribution in [2.24, 2.45) is 10.9 Å². The Bertz CT molecular complexity index is 807. The molecule has 34 heavy (non-hydrogen) atoms. The van der Waals surface area contributed by atoms with Crippen LogP contribution in [-0.2, 0) is 23.9 Å². The molecule has 10 nitrogen and oxygen atoms in total. The second-order valence-electron chi connectivity index (χ2n) is 8.97. The van der Waals surface area contributed by atoms with Crippen LogP contribution in [0.5, 0.6) is 0 Å². The van der Waals surface area contributed by atoms with Crippen molar-refractivity contribution in [2.45, 2.75) is 70.8 Å². The topological polar surface area (TPSA) is 129 Å². The minimum atomic E-state index is -4.92. The molecule has 1 aliphatic heterocycles. The summed E-state index contributed by atoms with van der Waals surface area (Å²) in [4.78, 5) is 56.0. The van der Waals surface area contributed by atoms with Crippen molar-refractivity contribution >= 4 is 29.6 Å². The SMILES string of the molecule is COC(=NC(C)(C)C(=O)N(C)[C@H](C(=O)N[C@@H](CC(=O)O)C(=O)N1CCCC1)C(C)C)C(F)(F)F. The summed E-state index contributed by atoms with van der Waals surface area (Å²) in [6.45, 7) is 6.41. The van der Waals surface area contributed by atoms with Gasteiger partial charge < -0.3 is 25.0 Å². The number of rotatable bonds is 9. The maximum Gasteiger partial charge on any atom is 0.468 e. The predicted molar refractivity (Wildman–Crippen MR) is 116 cm³/mol. The molecule has 1 aliphatic rings. The van der Waals surface area contributed by atoms with Gasteiger partial charge in [-0.15, -0.1) is 0 Å². The lowest BCUT2D eigenvalue weighted by Gasteiger charge is -2.35. The number of ether oxygens (including phenoxy) is 1. The predicted octanol–water partition coefficient (Wildman–Crippen LogP) is 1.44. The van der Waals surface area contributed by atoms with Gasteiger partial charge in [-0.25, -0.2) is 4.99 Å². The number of likely N-dealkylation sites (tertiary alicyclic amines) is 1. The van der Waals surface area contributed by atoms with Crippen LogP contribution in [0.1, 0.15) is 47.0 Å². The van der Waals surface area contributed by atoms with Gasteiger partial charge in [0.05, 0.1) is 13.5 Å². The Morgan fingerprint density at radius 3 is 2.09 bits per heavy atom. The molecular formula is C21H33F3N4O6. The van der Waals surface area contributed by atoms with Crippen LogP contribution in [0.25, 0.3) is 0 Å². The molecule has 0 aliphatic carbocycles. The van der Waals surface area contributed by atoms with E-state index in [-0.39, 0.29) is 0 Å². The molecule has 1 saturated heterocycles. The quantitative estimate of drug-likeness (QED) is 0.369. The van der Waals surface area contributed by atoms with E-state index in [0.717, 1.165) is 38.7 Å². The van der Waals surface area contributed by atoms with E-state index in [1.807, 2.05) is 0 Å².